The summed E-state index contributed by atoms with van der Waals surface area (Å²) in [6.07, 6.45) is 7.67. The van der Waals surface area contributed by atoms with Crippen LogP contribution in [0.3, 0.4) is 0 Å². The van der Waals surface area contributed by atoms with Crippen molar-refractivity contribution < 1.29 is 5.11 Å². The van der Waals surface area contributed by atoms with Crippen LogP contribution in [0.15, 0.2) is 0 Å². The Kier molecular flexibility index (Phi) is 1.86. The van der Waals surface area contributed by atoms with Gasteiger partial charge in [-0.1, -0.05) is 34.1 Å². The molecule has 0 aromatic rings. The minimum atomic E-state index is -0.0436. The SMILES string of the molecule is CC1(C)CCC[C@@]2(C)C[C@@]3(C)C[C@@]12C[C@@H]3O. The maximum absolute atomic E-state index is 10.4. The lowest BCUT2D eigenvalue weighted by atomic mass is 9.46. The highest BCUT2D eigenvalue weighted by Crippen LogP contribution is 2.78. The molecule has 3 rings (SSSR count). The lowest BCUT2D eigenvalue weighted by Gasteiger charge is -2.58. The van der Waals surface area contributed by atoms with Gasteiger partial charge in [-0.25, -0.2) is 0 Å². The van der Waals surface area contributed by atoms with Crippen LogP contribution in [0.2, 0.25) is 0 Å². The van der Waals surface area contributed by atoms with Crippen molar-refractivity contribution in [2.24, 2.45) is 21.7 Å². The minimum Gasteiger partial charge on any atom is -0.393 e. The van der Waals surface area contributed by atoms with Crippen LogP contribution in [-0.4, -0.2) is 11.2 Å². The average Bonchev–Trinajstić information content (AvgIpc) is 2.50. The summed E-state index contributed by atoms with van der Waals surface area (Å²) < 4.78 is 0. The minimum absolute atomic E-state index is 0.0436. The largest absolute Gasteiger partial charge is 0.393 e. The summed E-state index contributed by atoms with van der Waals surface area (Å²) >= 11 is 0. The predicted octanol–water partition coefficient (Wildman–Crippen LogP) is 3.75. The summed E-state index contributed by atoms with van der Waals surface area (Å²) in [6, 6.07) is 0. The number of aliphatic hydroxyl groups is 1. The first-order valence-corrected chi connectivity index (χ1v) is 6.93. The van der Waals surface area contributed by atoms with Gasteiger partial charge < -0.3 is 5.11 Å². The van der Waals surface area contributed by atoms with E-state index in [1.807, 2.05) is 0 Å². The van der Waals surface area contributed by atoms with Crippen LogP contribution in [0.1, 0.15) is 66.2 Å². The number of hydrogen-bond donors (Lipinski definition) is 1. The van der Waals surface area contributed by atoms with Crippen molar-refractivity contribution in [2.45, 2.75) is 72.3 Å². The quantitative estimate of drug-likeness (QED) is 0.662. The van der Waals surface area contributed by atoms with Crippen molar-refractivity contribution in [3.8, 4) is 0 Å². The van der Waals surface area contributed by atoms with Gasteiger partial charge in [-0.2, -0.15) is 0 Å². The van der Waals surface area contributed by atoms with Gasteiger partial charge in [0.05, 0.1) is 6.10 Å². The van der Waals surface area contributed by atoms with E-state index in [0.717, 1.165) is 6.42 Å². The first-order valence-electron chi connectivity index (χ1n) is 6.93. The van der Waals surface area contributed by atoms with E-state index in [1.54, 1.807) is 0 Å². The zero-order chi connectivity index (χ0) is 11.8. The van der Waals surface area contributed by atoms with Gasteiger partial charge in [-0.3, -0.25) is 0 Å². The number of hydrogen-bond acceptors (Lipinski definition) is 1. The smallest absolute Gasteiger partial charge is 0.0599 e. The zero-order valence-electron chi connectivity index (χ0n) is 11.3. The molecule has 0 aliphatic heterocycles. The first-order chi connectivity index (χ1) is 7.25. The van der Waals surface area contributed by atoms with E-state index in [-0.39, 0.29) is 11.5 Å². The van der Waals surface area contributed by atoms with E-state index in [4.69, 9.17) is 0 Å². The van der Waals surface area contributed by atoms with Crippen molar-refractivity contribution in [3.05, 3.63) is 0 Å². The van der Waals surface area contributed by atoms with E-state index >= 15 is 0 Å². The summed E-state index contributed by atoms with van der Waals surface area (Å²) in [7, 11) is 0. The van der Waals surface area contributed by atoms with Crippen molar-refractivity contribution in [2.75, 3.05) is 0 Å². The van der Waals surface area contributed by atoms with Gasteiger partial charge in [0.2, 0.25) is 0 Å². The van der Waals surface area contributed by atoms with Gasteiger partial charge in [-0.05, 0) is 53.8 Å². The number of aliphatic hydroxyl groups excluding tert-OH is 1. The van der Waals surface area contributed by atoms with Crippen LogP contribution >= 0.6 is 0 Å². The van der Waals surface area contributed by atoms with Crippen molar-refractivity contribution in [1.82, 2.24) is 0 Å². The molecule has 0 aromatic heterocycles. The molecule has 1 N–H and O–H groups in total. The predicted molar refractivity (Wildman–Crippen MR) is 66.1 cm³/mol. The van der Waals surface area contributed by atoms with Gasteiger partial charge >= 0.3 is 0 Å². The number of fused-ring (bicyclic) bond motifs is 1. The highest BCUT2D eigenvalue weighted by molar-refractivity contribution is 5.21. The van der Waals surface area contributed by atoms with Crippen molar-refractivity contribution in [3.63, 3.8) is 0 Å². The van der Waals surface area contributed by atoms with Crippen LogP contribution in [0.4, 0.5) is 0 Å². The molecule has 92 valence electrons. The molecule has 1 spiro atoms. The van der Waals surface area contributed by atoms with E-state index in [2.05, 4.69) is 27.7 Å². The van der Waals surface area contributed by atoms with Crippen molar-refractivity contribution >= 4 is 0 Å². The zero-order valence-corrected chi connectivity index (χ0v) is 11.3. The third kappa shape index (κ3) is 0.978. The van der Waals surface area contributed by atoms with Crippen LogP contribution in [0.25, 0.3) is 0 Å². The Balaban J connectivity index is 2.12. The molecule has 0 heterocycles. The fraction of sp³-hybridized carbons (Fsp3) is 1.00. The number of rotatable bonds is 0. The van der Waals surface area contributed by atoms with Crippen LogP contribution in [0.5, 0.6) is 0 Å². The first kappa shape index (κ1) is 11.1. The Labute approximate surface area is 99.6 Å². The summed E-state index contributed by atoms with van der Waals surface area (Å²) in [5, 5.41) is 10.4. The van der Waals surface area contributed by atoms with Crippen molar-refractivity contribution in [1.29, 1.82) is 0 Å². The van der Waals surface area contributed by atoms with Gasteiger partial charge in [0.25, 0.3) is 0 Å². The molecule has 16 heavy (non-hydrogen) atoms. The molecule has 0 aromatic carbocycles. The Morgan fingerprint density at radius 3 is 2.31 bits per heavy atom. The molecule has 0 saturated heterocycles. The second-order valence-electron chi connectivity index (χ2n) is 8.11. The van der Waals surface area contributed by atoms with Crippen LogP contribution in [0, 0.1) is 21.7 Å². The average molecular weight is 222 g/mol. The molecule has 0 radical (unpaired) electrons. The summed E-state index contributed by atoms with van der Waals surface area (Å²) in [4.78, 5) is 0. The maximum atomic E-state index is 10.4. The van der Waals surface area contributed by atoms with E-state index in [0.29, 0.717) is 16.2 Å². The molecular formula is C15H26O. The molecule has 0 unspecified atom stereocenters. The molecule has 1 heteroatoms. The molecule has 2 bridgehead atoms. The Morgan fingerprint density at radius 1 is 1.00 bits per heavy atom. The summed E-state index contributed by atoms with van der Waals surface area (Å²) in [6.45, 7) is 9.74. The van der Waals surface area contributed by atoms with Gasteiger partial charge in [0.15, 0.2) is 0 Å². The molecule has 3 saturated carbocycles. The highest BCUT2D eigenvalue weighted by Gasteiger charge is 2.72. The topological polar surface area (TPSA) is 20.2 Å². The Bertz CT molecular complexity index is 334. The van der Waals surface area contributed by atoms with Gasteiger partial charge in [0, 0.05) is 0 Å². The molecule has 1 nitrogen and oxygen atoms in total. The standard InChI is InChI=1S/C15H26O/c1-12(2)6-5-7-14(4)9-13(3)10-15(12,14)8-11(13)16/h11,16H,5-10H2,1-4H3/t11-,13-,14-,15-/m0/s1. The van der Waals surface area contributed by atoms with E-state index in [9.17, 15) is 5.11 Å². The van der Waals surface area contributed by atoms with E-state index in [1.165, 1.54) is 32.1 Å². The summed E-state index contributed by atoms with van der Waals surface area (Å²) in [5.74, 6) is 0. The molecule has 4 atom stereocenters. The third-order valence-corrected chi connectivity index (χ3v) is 6.83. The van der Waals surface area contributed by atoms with Crippen LogP contribution < -0.4 is 0 Å². The second-order valence-corrected chi connectivity index (χ2v) is 8.11. The van der Waals surface area contributed by atoms with Gasteiger partial charge in [0.1, 0.15) is 0 Å². The lowest BCUT2D eigenvalue weighted by molar-refractivity contribution is -0.112. The molecule has 3 aliphatic carbocycles. The monoisotopic (exact) mass is 222 g/mol. The Hall–Kier alpha value is -0.0400. The molecular weight excluding hydrogens is 196 g/mol. The summed E-state index contributed by atoms with van der Waals surface area (Å²) in [5.41, 5.74) is 1.57. The normalized spacial score (nSPS) is 58.7. The van der Waals surface area contributed by atoms with Gasteiger partial charge in [-0.15, -0.1) is 0 Å². The molecule has 3 aliphatic rings. The van der Waals surface area contributed by atoms with Crippen LogP contribution in [-0.2, 0) is 0 Å². The third-order valence-electron chi connectivity index (χ3n) is 6.83. The fourth-order valence-corrected chi connectivity index (χ4v) is 5.98. The fourth-order valence-electron chi connectivity index (χ4n) is 5.98. The molecule has 3 fully saturated rings. The second kappa shape index (κ2) is 2.68. The molecule has 0 amide bonds. The maximum Gasteiger partial charge on any atom is 0.0599 e. The van der Waals surface area contributed by atoms with E-state index < -0.39 is 0 Å². The highest BCUT2D eigenvalue weighted by atomic mass is 16.3. The Morgan fingerprint density at radius 2 is 1.69 bits per heavy atom. The lowest BCUT2D eigenvalue weighted by Crippen LogP contribution is -2.51.